The van der Waals surface area contributed by atoms with Crippen molar-refractivity contribution >= 4 is 35.9 Å². The normalized spacial score (nSPS) is 13.4. The number of pyridine rings is 1. The van der Waals surface area contributed by atoms with Crippen molar-refractivity contribution in [3.05, 3.63) is 51.2 Å². The number of hydrogen-bond donors (Lipinski definition) is 0. The highest BCUT2D eigenvalue weighted by molar-refractivity contribution is 7.67. The molecule has 14 heteroatoms. The maximum absolute atomic E-state index is 13.2. The minimum Gasteiger partial charge on any atom is -0.467 e. The van der Waals surface area contributed by atoms with Crippen molar-refractivity contribution < 1.29 is 41.5 Å². The Labute approximate surface area is 178 Å². The zero-order valence-electron chi connectivity index (χ0n) is 16.0. The third-order valence-electron chi connectivity index (χ3n) is 3.89. The molecular formula is C17H15ClF3N2O7P. The topological polar surface area (TPSA) is 118 Å². The van der Waals surface area contributed by atoms with Gasteiger partial charge in [0, 0.05) is 24.5 Å². The standard InChI is InChI=1S/C17H15ClF3N2O7P/c1-3-31(27,29-9-15(24)28-2)14-7-11(4-5-13(14)23(25)26)30-16-12(18)6-10(8-22-16)17(19,20)21/h4-8H,3,9H2,1-2H3. The summed E-state index contributed by atoms with van der Waals surface area (Å²) in [4.78, 5) is 25.4. The van der Waals surface area contributed by atoms with Gasteiger partial charge in [0.15, 0.2) is 6.61 Å². The summed E-state index contributed by atoms with van der Waals surface area (Å²) in [6.45, 7) is 0.722. The molecule has 2 rings (SSSR count). The zero-order chi connectivity index (χ0) is 23.4. The summed E-state index contributed by atoms with van der Waals surface area (Å²) in [6.07, 6.45) is -4.36. The molecule has 0 aliphatic rings. The number of benzene rings is 1. The molecule has 0 saturated heterocycles. The van der Waals surface area contributed by atoms with Crippen LogP contribution in [0.15, 0.2) is 30.5 Å². The SMILES string of the molecule is CCP(=O)(OCC(=O)OC)c1cc(Oc2ncc(C(F)(F)F)cc2Cl)ccc1[N+](=O)[O-]. The second-order valence-corrected chi connectivity index (χ2v) is 8.98. The molecule has 1 heterocycles. The Morgan fingerprint density at radius 1 is 1.32 bits per heavy atom. The lowest BCUT2D eigenvalue weighted by atomic mass is 10.3. The molecule has 1 aromatic carbocycles. The third-order valence-corrected chi connectivity index (χ3v) is 6.64. The van der Waals surface area contributed by atoms with Crippen LogP contribution in [0.25, 0.3) is 0 Å². The van der Waals surface area contributed by atoms with E-state index in [-0.39, 0.29) is 17.2 Å². The quantitative estimate of drug-likeness (QED) is 0.232. The van der Waals surface area contributed by atoms with Gasteiger partial charge in [-0.2, -0.15) is 13.2 Å². The first-order valence-corrected chi connectivity index (χ1v) is 10.6. The van der Waals surface area contributed by atoms with E-state index in [1.807, 2.05) is 0 Å². The Morgan fingerprint density at radius 2 is 2.00 bits per heavy atom. The fourth-order valence-electron chi connectivity index (χ4n) is 2.31. The highest BCUT2D eigenvalue weighted by atomic mass is 35.5. The van der Waals surface area contributed by atoms with Gasteiger partial charge in [-0.05, 0) is 12.1 Å². The van der Waals surface area contributed by atoms with Crippen molar-refractivity contribution in [2.75, 3.05) is 19.9 Å². The lowest BCUT2D eigenvalue weighted by molar-refractivity contribution is -0.383. The van der Waals surface area contributed by atoms with E-state index in [1.54, 1.807) is 0 Å². The largest absolute Gasteiger partial charge is 0.467 e. The van der Waals surface area contributed by atoms with Gasteiger partial charge in [0.1, 0.15) is 16.1 Å². The highest BCUT2D eigenvalue weighted by Crippen LogP contribution is 2.48. The van der Waals surface area contributed by atoms with E-state index in [0.29, 0.717) is 12.3 Å². The van der Waals surface area contributed by atoms with Crippen LogP contribution in [0.3, 0.4) is 0 Å². The number of esters is 1. The summed E-state index contributed by atoms with van der Waals surface area (Å²) in [5.41, 5.74) is -1.66. The van der Waals surface area contributed by atoms with Crippen LogP contribution < -0.4 is 10.0 Å². The first-order valence-electron chi connectivity index (χ1n) is 8.41. The number of rotatable bonds is 8. The molecular weight excluding hydrogens is 468 g/mol. The van der Waals surface area contributed by atoms with E-state index in [2.05, 4.69) is 9.72 Å². The number of carbonyl (C=O) groups is 1. The zero-order valence-corrected chi connectivity index (χ0v) is 17.7. The Morgan fingerprint density at radius 3 is 2.52 bits per heavy atom. The summed E-state index contributed by atoms with van der Waals surface area (Å²) < 4.78 is 66.3. The van der Waals surface area contributed by atoms with Crippen LogP contribution in [0.4, 0.5) is 18.9 Å². The van der Waals surface area contributed by atoms with E-state index in [0.717, 1.165) is 25.3 Å². The number of nitro benzene ring substituents is 1. The maximum atomic E-state index is 13.2. The van der Waals surface area contributed by atoms with Crippen LogP contribution >= 0.6 is 19.0 Å². The minimum atomic E-state index is -4.67. The summed E-state index contributed by atoms with van der Waals surface area (Å²) in [5, 5.41) is 10.6. The molecule has 0 bridgehead atoms. The smallest absolute Gasteiger partial charge is 0.417 e. The van der Waals surface area contributed by atoms with Crippen molar-refractivity contribution in [3.63, 3.8) is 0 Å². The molecule has 0 radical (unpaired) electrons. The van der Waals surface area contributed by atoms with Gasteiger partial charge in [-0.25, -0.2) is 9.78 Å². The van der Waals surface area contributed by atoms with Gasteiger partial charge in [0.25, 0.3) is 5.69 Å². The Hall–Kier alpha value is -2.69. The highest BCUT2D eigenvalue weighted by Gasteiger charge is 2.34. The van der Waals surface area contributed by atoms with Gasteiger partial charge in [-0.15, -0.1) is 0 Å². The van der Waals surface area contributed by atoms with Gasteiger partial charge in [0.05, 0.1) is 17.6 Å². The number of aromatic nitrogens is 1. The lowest BCUT2D eigenvalue weighted by Gasteiger charge is -2.17. The number of nitro groups is 1. The van der Waals surface area contributed by atoms with Crippen LogP contribution in [0.5, 0.6) is 11.6 Å². The molecule has 0 spiro atoms. The molecule has 168 valence electrons. The molecule has 1 atom stereocenters. The number of alkyl halides is 3. The number of nitrogens with zero attached hydrogens (tertiary/aromatic N) is 2. The van der Waals surface area contributed by atoms with Gasteiger partial charge in [-0.3, -0.25) is 14.7 Å². The second kappa shape index (κ2) is 9.63. The number of halogens is 4. The monoisotopic (exact) mass is 482 g/mol. The summed E-state index contributed by atoms with van der Waals surface area (Å²) in [7, 11) is -2.83. The van der Waals surface area contributed by atoms with E-state index in [9.17, 15) is 32.6 Å². The summed E-state index contributed by atoms with van der Waals surface area (Å²) >= 11 is 5.80. The average Bonchev–Trinajstić information content (AvgIpc) is 2.72. The molecule has 0 saturated carbocycles. The molecule has 9 nitrogen and oxygen atoms in total. The summed E-state index contributed by atoms with van der Waals surface area (Å²) in [6, 6.07) is 3.73. The minimum absolute atomic E-state index is 0.148. The second-order valence-electron chi connectivity index (χ2n) is 5.86. The fraction of sp³-hybridized carbons (Fsp3) is 0.294. The van der Waals surface area contributed by atoms with Gasteiger partial charge in [0.2, 0.25) is 13.2 Å². The van der Waals surface area contributed by atoms with Crippen molar-refractivity contribution in [2.45, 2.75) is 13.1 Å². The van der Waals surface area contributed by atoms with Gasteiger partial charge < -0.3 is 14.0 Å². The Bertz CT molecular complexity index is 1050. The van der Waals surface area contributed by atoms with Crippen molar-refractivity contribution in [2.24, 2.45) is 0 Å². The molecule has 0 aliphatic carbocycles. The first-order chi connectivity index (χ1) is 14.4. The van der Waals surface area contributed by atoms with Crippen LogP contribution in [-0.2, 0) is 24.8 Å². The van der Waals surface area contributed by atoms with Gasteiger partial charge >= 0.3 is 12.1 Å². The first kappa shape index (κ1) is 24.6. The Kier molecular flexibility index (Phi) is 7.63. The number of hydrogen-bond acceptors (Lipinski definition) is 8. The molecule has 0 aliphatic heterocycles. The number of ether oxygens (including phenoxy) is 2. The van der Waals surface area contributed by atoms with Crippen LogP contribution in [0.1, 0.15) is 12.5 Å². The number of methoxy groups -OCH3 is 1. The van der Waals surface area contributed by atoms with E-state index < -0.39 is 53.2 Å². The molecule has 31 heavy (non-hydrogen) atoms. The maximum Gasteiger partial charge on any atom is 0.417 e. The molecule has 2 aromatic rings. The molecule has 0 amide bonds. The summed E-state index contributed by atoms with van der Waals surface area (Å²) in [5.74, 6) is -1.40. The Balaban J connectivity index is 2.45. The fourth-order valence-corrected chi connectivity index (χ4v) is 4.32. The van der Waals surface area contributed by atoms with E-state index in [4.69, 9.17) is 20.9 Å². The van der Waals surface area contributed by atoms with Crippen molar-refractivity contribution in [3.8, 4) is 11.6 Å². The van der Waals surface area contributed by atoms with Crippen LogP contribution in [0.2, 0.25) is 5.02 Å². The molecule has 0 fully saturated rings. The predicted molar refractivity (Wildman–Crippen MR) is 103 cm³/mol. The van der Waals surface area contributed by atoms with Crippen LogP contribution in [0, 0.1) is 10.1 Å². The predicted octanol–water partition coefficient (Wildman–Crippen LogP) is 4.57. The van der Waals surface area contributed by atoms with E-state index in [1.165, 1.54) is 6.92 Å². The van der Waals surface area contributed by atoms with Crippen molar-refractivity contribution in [1.82, 2.24) is 4.98 Å². The van der Waals surface area contributed by atoms with Crippen molar-refractivity contribution in [1.29, 1.82) is 0 Å². The molecule has 0 N–H and O–H groups in total. The van der Waals surface area contributed by atoms with E-state index >= 15 is 0 Å². The number of carbonyl (C=O) groups excluding carboxylic acids is 1. The molecule has 1 unspecified atom stereocenters. The van der Waals surface area contributed by atoms with Crippen LogP contribution in [-0.4, -0.2) is 35.8 Å². The molecule has 1 aromatic heterocycles. The average molecular weight is 483 g/mol. The third kappa shape index (κ3) is 5.93. The lowest BCUT2D eigenvalue weighted by Crippen LogP contribution is -2.18. The van der Waals surface area contributed by atoms with Gasteiger partial charge in [-0.1, -0.05) is 18.5 Å².